The van der Waals surface area contributed by atoms with E-state index in [1.54, 1.807) is 0 Å². The molecule has 0 rings (SSSR count). The van der Waals surface area contributed by atoms with Gasteiger partial charge in [0.05, 0.1) is 0 Å². The van der Waals surface area contributed by atoms with E-state index in [2.05, 4.69) is 23.9 Å². The van der Waals surface area contributed by atoms with E-state index in [9.17, 15) is 14.4 Å². The maximum absolute atomic E-state index is 12.5. The Kier molecular flexibility index (Phi) is 29.5. The first-order valence-corrected chi connectivity index (χ1v) is 17.5. The Morgan fingerprint density at radius 1 is 0.581 bits per heavy atom. The maximum Gasteiger partial charge on any atom is 0.314 e. The van der Waals surface area contributed by atoms with Crippen LogP contribution in [0.3, 0.4) is 0 Å². The lowest BCUT2D eigenvalue weighted by Crippen LogP contribution is -2.32. The highest BCUT2D eigenvalue weighted by atomic mass is 16.6. The van der Waals surface area contributed by atoms with Crippen molar-refractivity contribution in [2.45, 2.75) is 187 Å². The van der Waals surface area contributed by atoms with Crippen molar-refractivity contribution in [1.82, 2.24) is 0 Å². The predicted octanol–water partition coefficient (Wildman–Crippen LogP) is 10.1. The Balaban J connectivity index is 4.26. The van der Waals surface area contributed by atoms with Crippen molar-refractivity contribution in [2.75, 3.05) is 13.2 Å². The van der Waals surface area contributed by atoms with Crippen LogP contribution in [0.25, 0.3) is 10.4 Å². The van der Waals surface area contributed by atoms with Crippen LogP contribution in [0.1, 0.15) is 175 Å². The molecule has 0 aliphatic rings. The standard InChI is InChI=1S/C34H63N3O6/c1-4-6-8-10-12-14-16-18-20-22-24-26-32(38)41-28-31(29-42-34(40)30(3)36-37-35)43-33(39)27-25-23-21-19-17-15-13-11-9-7-5-2/h30-31H,4-29H2,1-3H3. The van der Waals surface area contributed by atoms with Crippen LogP contribution in [0.15, 0.2) is 5.11 Å². The molecular weight excluding hydrogens is 546 g/mol. The van der Waals surface area contributed by atoms with Gasteiger partial charge in [-0.25, -0.2) is 0 Å². The van der Waals surface area contributed by atoms with Gasteiger partial charge in [0.2, 0.25) is 0 Å². The first-order valence-electron chi connectivity index (χ1n) is 17.5. The highest BCUT2D eigenvalue weighted by Gasteiger charge is 2.21. The van der Waals surface area contributed by atoms with Crippen molar-refractivity contribution < 1.29 is 28.6 Å². The minimum Gasteiger partial charge on any atom is -0.462 e. The maximum atomic E-state index is 12.5. The Morgan fingerprint density at radius 2 is 0.953 bits per heavy atom. The molecule has 0 amide bonds. The third-order valence-electron chi connectivity index (χ3n) is 7.67. The van der Waals surface area contributed by atoms with Gasteiger partial charge in [-0.05, 0) is 25.3 Å². The molecule has 0 aromatic carbocycles. The van der Waals surface area contributed by atoms with E-state index in [0.29, 0.717) is 6.42 Å². The van der Waals surface area contributed by atoms with E-state index in [4.69, 9.17) is 19.7 Å². The van der Waals surface area contributed by atoms with Gasteiger partial charge in [-0.1, -0.05) is 147 Å². The summed E-state index contributed by atoms with van der Waals surface area (Å²) in [6.07, 6.45) is 25.9. The summed E-state index contributed by atoms with van der Waals surface area (Å²) < 4.78 is 16.0. The van der Waals surface area contributed by atoms with Crippen molar-refractivity contribution in [1.29, 1.82) is 0 Å². The highest BCUT2D eigenvalue weighted by Crippen LogP contribution is 2.14. The molecule has 0 bridgehead atoms. The number of azide groups is 1. The van der Waals surface area contributed by atoms with E-state index in [1.807, 2.05) is 0 Å². The quantitative estimate of drug-likeness (QED) is 0.0192. The number of nitrogens with zero attached hydrogens (tertiary/aromatic N) is 3. The Morgan fingerprint density at radius 3 is 1.37 bits per heavy atom. The van der Waals surface area contributed by atoms with Crippen molar-refractivity contribution in [3.05, 3.63) is 10.4 Å². The second-order valence-corrected chi connectivity index (χ2v) is 11.9. The van der Waals surface area contributed by atoms with Gasteiger partial charge >= 0.3 is 17.9 Å². The summed E-state index contributed by atoms with van der Waals surface area (Å²) in [4.78, 5) is 39.4. The fourth-order valence-corrected chi connectivity index (χ4v) is 4.91. The molecule has 250 valence electrons. The van der Waals surface area contributed by atoms with Crippen LogP contribution in [0.4, 0.5) is 0 Å². The number of rotatable bonds is 31. The number of carbonyl (C=O) groups excluding carboxylic acids is 3. The molecule has 0 saturated carbocycles. The summed E-state index contributed by atoms with van der Waals surface area (Å²) in [5, 5.41) is 3.32. The molecule has 0 aliphatic carbocycles. The Hall–Kier alpha value is -2.28. The second kappa shape index (κ2) is 31.2. The van der Waals surface area contributed by atoms with Gasteiger partial charge in [0, 0.05) is 17.8 Å². The summed E-state index contributed by atoms with van der Waals surface area (Å²) >= 11 is 0. The average molecular weight is 610 g/mol. The number of unbranched alkanes of at least 4 members (excludes halogenated alkanes) is 20. The van der Waals surface area contributed by atoms with Crippen LogP contribution in [0.5, 0.6) is 0 Å². The van der Waals surface area contributed by atoms with Gasteiger partial charge in [-0.15, -0.1) is 0 Å². The van der Waals surface area contributed by atoms with Gasteiger partial charge in [-0.3, -0.25) is 14.4 Å². The number of carbonyl (C=O) groups is 3. The van der Waals surface area contributed by atoms with Crippen LogP contribution in [-0.2, 0) is 28.6 Å². The summed E-state index contributed by atoms with van der Waals surface area (Å²) in [5.41, 5.74) is 8.53. The van der Waals surface area contributed by atoms with E-state index in [-0.39, 0.29) is 25.6 Å². The van der Waals surface area contributed by atoms with Gasteiger partial charge in [0.15, 0.2) is 6.10 Å². The first kappa shape index (κ1) is 40.7. The average Bonchev–Trinajstić information content (AvgIpc) is 2.99. The zero-order valence-electron chi connectivity index (χ0n) is 27.8. The fourth-order valence-electron chi connectivity index (χ4n) is 4.91. The molecule has 0 aliphatic heterocycles. The van der Waals surface area contributed by atoms with E-state index in [0.717, 1.165) is 38.5 Å². The monoisotopic (exact) mass is 609 g/mol. The number of ether oxygens (including phenoxy) is 3. The lowest BCUT2D eigenvalue weighted by Gasteiger charge is -2.18. The fraction of sp³-hybridized carbons (Fsp3) is 0.912. The van der Waals surface area contributed by atoms with E-state index < -0.39 is 24.1 Å². The molecule has 0 spiro atoms. The van der Waals surface area contributed by atoms with Gasteiger partial charge in [0.25, 0.3) is 0 Å². The minimum absolute atomic E-state index is 0.177. The zero-order chi connectivity index (χ0) is 31.8. The molecule has 0 heterocycles. The number of hydrogen-bond donors (Lipinski definition) is 0. The molecule has 0 aromatic rings. The highest BCUT2D eigenvalue weighted by molar-refractivity contribution is 5.75. The number of hydrogen-bond acceptors (Lipinski definition) is 7. The molecule has 2 unspecified atom stereocenters. The smallest absolute Gasteiger partial charge is 0.314 e. The van der Waals surface area contributed by atoms with Crippen LogP contribution < -0.4 is 0 Å². The molecule has 9 nitrogen and oxygen atoms in total. The third-order valence-corrected chi connectivity index (χ3v) is 7.67. The van der Waals surface area contributed by atoms with Crippen molar-refractivity contribution in [3.8, 4) is 0 Å². The molecule has 2 atom stereocenters. The summed E-state index contributed by atoms with van der Waals surface area (Å²) in [5.74, 6) is -1.48. The van der Waals surface area contributed by atoms with Crippen molar-refractivity contribution in [2.24, 2.45) is 5.11 Å². The van der Waals surface area contributed by atoms with Crippen molar-refractivity contribution >= 4 is 17.9 Å². The van der Waals surface area contributed by atoms with Crippen LogP contribution in [0, 0.1) is 0 Å². The van der Waals surface area contributed by atoms with Crippen LogP contribution in [-0.4, -0.2) is 43.3 Å². The van der Waals surface area contributed by atoms with E-state index >= 15 is 0 Å². The number of esters is 3. The Bertz CT molecular complexity index is 742. The zero-order valence-corrected chi connectivity index (χ0v) is 27.8. The van der Waals surface area contributed by atoms with Crippen LogP contribution in [0.2, 0.25) is 0 Å². The second-order valence-electron chi connectivity index (χ2n) is 11.9. The molecule has 9 heteroatoms. The molecular formula is C34H63N3O6. The predicted molar refractivity (Wildman–Crippen MR) is 173 cm³/mol. The minimum atomic E-state index is -0.999. The van der Waals surface area contributed by atoms with Gasteiger partial charge in [0.1, 0.15) is 19.3 Å². The lowest BCUT2D eigenvalue weighted by atomic mass is 10.1. The summed E-state index contributed by atoms with van der Waals surface area (Å²) in [6, 6.07) is -0.999. The molecule has 43 heavy (non-hydrogen) atoms. The third kappa shape index (κ3) is 28.3. The molecule has 0 radical (unpaired) electrons. The van der Waals surface area contributed by atoms with Gasteiger partial charge in [-0.2, -0.15) is 0 Å². The first-order chi connectivity index (χ1) is 20.9. The summed E-state index contributed by atoms with van der Waals surface area (Å²) in [6.45, 7) is 5.44. The van der Waals surface area contributed by atoms with E-state index in [1.165, 1.54) is 110 Å². The summed E-state index contributed by atoms with van der Waals surface area (Å²) in [7, 11) is 0. The normalized spacial score (nSPS) is 12.3. The van der Waals surface area contributed by atoms with Crippen LogP contribution >= 0.6 is 0 Å². The molecule has 0 N–H and O–H groups in total. The van der Waals surface area contributed by atoms with Gasteiger partial charge < -0.3 is 14.2 Å². The molecule has 0 aromatic heterocycles. The van der Waals surface area contributed by atoms with Crippen molar-refractivity contribution in [3.63, 3.8) is 0 Å². The lowest BCUT2D eigenvalue weighted by molar-refractivity contribution is -0.167. The molecule has 0 fully saturated rings. The Labute approximate surface area is 262 Å². The SMILES string of the molecule is CCCCCCCCCCCCCC(=O)OCC(COC(=O)C(C)N=[N+]=[N-])OC(=O)CCCCCCCCCCCCC. The largest absolute Gasteiger partial charge is 0.462 e. The molecule has 0 saturated heterocycles. The topological polar surface area (TPSA) is 128 Å².